The Kier molecular flexibility index (Phi) is 3.37. The fourth-order valence-electron chi connectivity index (χ4n) is 2.70. The number of piperazine rings is 1. The average molecular weight is 279 g/mol. The highest BCUT2D eigenvalue weighted by Crippen LogP contribution is 2.29. The van der Waals surface area contributed by atoms with Crippen molar-refractivity contribution in [3.8, 4) is 0 Å². The second-order valence-corrected chi connectivity index (χ2v) is 5.74. The van der Waals surface area contributed by atoms with E-state index in [0.29, 0.717) is 10.6 Å². The lowest BCUT2D eigenvalue weighted by Gasteiger charge is -2.36. The molecule has 0 radical (unpaired) electrons. The van der Waals surface area contributed by atoms with Crippen LogP contribution in [0.15, 0.2) is 18.2 Å². The minimum atomic E-state index is 0.0232. The highest BCUT2D eigenvalue weighted by molar-refractivity contribution is 6.34. The standard InChI is InChI=1S/C14H19ClN4/c15-13-9-11(3-4-12(13)14(16)17)19-7-5-18(6-8-19)10-1-2-10/h3-4,9-10H,1-2,5-8H2,(H3,16,17). The van der Waals surface area contributed by atoms with Crippen molar-refractivity contribution in [1.82, 2.24) is 4.90 Å². The van der Waals surface area contributed by atoms with Crippen LogP contribution in [0.3, 0.4) is 0 Å². The molecule has 0 atom stereocenters. The van der Waals surface area contributed by atoms with Gasteiger partial charge in [0.25, 0.3) is 0 Å². The Balaban J connectivity index is 1.69. The normalized spacial score (nSPS) is 20.6. The van der Waals surface area contributed by atoms with Gasteiger partial charge in [-0.15, -0.1) is 0 Å². The van der Waals surface area contributed by atoms with Gasteiger partial charge in [0.15, 0.2) is 0 Å². The number of nitrogens with zero attached hydrogens (tertiary/aromatic N) is 2. The van der Waals surface area contributed by atoms with Gasteiger partial charge >= 0.3 is 0 Å². The summed E-state index contributed by atoms with van der Waals surface area (Å²) in [6.07, 6.45) is 2.75. The van der Waals surface area contributed by atoms with E-state index < -0.39 is 0 Å². The predicted octanol–water partition coefficient (Wildman–Crippen LogP) is 1.91. The van der Waals surface area contributed by atoms with Gasteiger partial charge < -0.3 is 10.6 Å². The number of halogens is 1. The van der Waals surface area contributed by atoms with Crippen LogP contribution in [0.4, 0.5) is 5.69 Å². The Morgan fingerprint density at radius 2 is 1.89 bits per heavy atom. The van der Waals surface area contributed by atoms with E-state index in [1.807, 2.05) is 18.2 Å². The first-order valence-electron chi connectivity index (χ1n) is 6.78. The maximum Gasteiger partial charge on any atom is 0.124 e. The highest BCUT2D eigenvalue weighted by Gasteiger charge is 2.31. The Morgan fingerprint density at radius 3 is 2.42 bits per heavy atom. The molecule has 1 aromatic rings. The van der Waals surface area contributed by atoms with Crippen LogP contribution in [-0.2, 0) is 0 Å². The van der Waals surface area contributed by atoms with Crippen LogP contribution in [0.25, 0.3) is 0 Å². The minimum Gasteiger partial charge on any atom is -0.384 e. The number of nitrogens with two attached hydrogens (primary N) is 1. The molecular weight excluding hydrogens is 260 g/mol. The van der Waals surface area contributed by atoms with Crippen molar-refractivity contribution < 1.29 is 0 Å². The summed E-state index contributed by atoms with van der Waals surface area (Å²) in [7, 11) is 0. The number of hydrogen-bond donors (Lipinski definition) is 2. The molecule has 1 saturated carbocycles. The Bertz CT molecular complexity index is 490. The molecule has 0 amide bonds. The molecule has 5 heteroatoms. The SMILES string of the molecule is N=C(N)c1ccc(N2CCN(C3CC3)CC2)cc1Cl. The summed E-state index contributed by atoms with van der Waals surface area (Å²) in [5.74, 6) is 0.0232. The van der Waals surface area contributed by atoms with Crippen LogP contribution < -0.4 is 10.6 Å². The van der Waals surface area contributed by atoms with Crippen LogP contribution >= 0.6 is 11.6 Å². The van der Waals surface area contributed by atoms with Crippen molar-refractivity contribution in [2.24, 2.45) is 5.73 Å². The second-order valence-electron chi connectivity index (χ2n) is 5.33. The summed E-state index contributed by atoms with van der Waals surface area (Å²) >= 11 is 6.17. The molecule has 0 spiro atoms. The monoisotopic (exact) mass is 278 g/mol. The summed E-state index contributed by atoms with van der Waals surface area (Å²) < 4.78 is 0. The van der Waals surface area contributed by atoms with Crippen molar-refractivity contribution in [2.75, 3.05) is 31.1 Å². The quantitative estimate of drug-likeness (QED) is 0.656. The summed E-state index contributed by atoms with van der Waals surface area (Å²) in [5, 5.41) is 8.01. The summed E-state index contributed by atoms with van der Waals surface area (Å²) in [5.41, 5.74) is 7.22. The van der Waals surface area contributed by atoms with Crippen molar-refractivity contribution in [2.45, 2.75) is 18.9 Å². The van der Waals surface area contributed by atoms with Gasteiger partial charge in [-0.2, -0.15) is 0 Å². The minimum absolute atomic E-state index is 0.0232. The number of nitrogen functional groups attached to an aromatic ring is 1. The molecule has 3 rings (SSSR count). The summed E-state index contributed by atoms with van der Waals surface area (Å²) in [4.78, 5) is 4.94. The number of amidine groups is 1. The zero-order valence-electron chi connectivity index (χ0n) is 10.9. The van der Waals surface area contributed by atoms with E-state index in [-0.39, 0.29) is 5.84 Å². The number of hydrogen-bond acceptors (Lipinski definition) is 3. The molecule has 0 aromatic heterocycles. The van der Waals surface area contributed by atoms with Gasteiger partial charge in [0.1, 0.15) is 5.84 Å². The first kappa shape index (κ1) is 12.8. The van der Waals surface area contributed by atoms with Gasteiger partial charge in [0.2, 0.25) is 0 Å². The molecule has 4 nitrogen and oxygen atoms in total. The van der Waals surface area contributed by atoms with Crippen LogP contribution in [0, 0.1) is 5.41 Å². The molecule has 1 heterocycles. The summed E-state index contributed by atoms with van der Waals surface area (Å²) in [6, 6.07) is 6.62. The number of anilines is 1. The molecule has 2 fully saturated rings. The maximum atomic E-state index is 7.44. The molecular formula is C14H19ClN4. The zero-order chi connectivity index (χ0) is 13.4. The van der Waals surface area contributed by atoms with Gasteiger partial charge in [-0.05, 0) is 31.0 Å². The van der Waals surface area contributed by atoms with Crippen LogP contribution in [0.1, 0.15) is 18.4 Å². The van der Waals surface area contributed by atoms with Gasteiger partial charge in [0.05, 0.1) is 5.02 Å². The number of rotatable bonds is 3. The third-order valence-electron chi connectivity index (χ3n) is 3.99. The first-order valence-corrected chi connectivity index (χ1v) is 7.16. The van der Waals surface area contributed by atoms with E-state index in [4.69, 9.17) is 22.7 Å². The van der Waals surface area contributed by atoms with E-state index in [1.165, 1.54) is 12.8 Å². The average Bonchev–Trinajstić information content (AvgIpc) is 3.22. The van der Waals surface area contributed by atoms with E-state index >= 15 is 0 Å². The third kappa shape index (κ3) is 2.69. The Morgan fingerprint density at radius 1 is 1.21 bits per heavy atom. The van der Waals surface area contributed by atoms with E-state index in [0.717, 1.165) is 37.9 Å². The molecule has 1 aliphatic carbocycles. The third-order valence-corrected chi connectivity index (χ3v) is 4.30. The zero-order valence-corrected chi connectivity index (χ0v) is 11.7. The van der Waals surface area contributed by atoms with Crippen molar-refractivity contribution in [1.29, 1.82) is 5.41 Å². The molecule has 1 aromatic carbocycles. The van der Waals surface area contributed by atoms with Gasteiger partial charge in [-0.25, -0.2) is 0 Å². The van der Waals surface area contributed by atoms with Crippen molar-refractivity contribution in [3.63, 3.8) is 0 Å². The molecule has 19 heavy (non-hydrogen) atoms. The number of benzene rings is 1. The lowest BCUT2D eigenvalue weighted by atomic mass is 10.1. The fourth-order valence-corrected chi connectivity index (χ4v) is 2.98. The van der Waals surface area contributed by atoms with Gasteiger partial charge in [-0.3, -0.25) is 10.3 Å². The maximum absolute atomic E-state index is 7.44. The van der Waals surface area contributed by atoms with E-state index in [9.17, 15) is 0 Å². The molecule has 2 aliphatic rings. The van der Waals surface area contributed by atoms with E-state index in [1.54, 1.807) is 0 Å². The molecule has 1 saturated heterocycles. The predicted molar refractivity (Wildman–Crippen MR) is 79.3 cm³/mol. The molecule has 3 N–H and O–H groups in total. The first-order chi connectivity index (χ1) is 9.15. The fraction of sp³-hybridized carbons (Fsp3) is 0.500. The molecule has 0 unspecified atom stereocenters. The summed E-state index contributed by atoms with van der Waals surface area (Å²) in [6.45, 7) is 4.37. The highest BCUT2D eigenvalue weighted by atomic mass is 35.5. The Labute approximate surface area is 118 Å². The lowest BCUT2D eigenvalue weighted by Crippen LogP contribution is -2.47. The smallest absolute Gasteiger partial charge is 0.124 e. The largest absolute Gasteiger partial charge is 0.384 e. The van der Waals surface area contributed by atoms with Crippen molar-refractivity contribution in [3.05, 3.63) is 28.8 Å². The van der Waals surface area contributed by atoms with Crippen LogP contribution in [0.5, 0.6) is 0 Å². The van der Waals surface area contributed by atoms with Crippen LogP contribution in [-0.4, -0.2) is 43.0 Å². The molecule has 1 aliphatic heterocycles. The molecule has 0 bridgehead atoms. The second kappa shape index (κ2) is 5.02. The molecule has 102 valence electrons. The number of nitrogens with one attached hydrogen (secondary N) is 1. The lowest BCUT2D eigenvalue weighted by molar-refractivity contribution is 0.248. The Hall–Kier alpha value is -1.26. The van der Waals surface area contributed by atoms with Crippen LogP contribution in [0.2, 0.25) is 5.02 Å². The van der Waals surface area contributed by atoms with Crippen molar-refractivity contribution >= 4 is 23.1 Å². The van der Waals surface area contributed by atoms with Gasteiger partial charge in [-0.1, -0.05) is 11.6 Å². The van der Waals surface area contributed by atoms with Gasteiger partial charge in [0, 0.05) is 43.5 Å². The van der Waals surface area contributed by atoms with E-state index in [2.05, 4.69) is 9.80 Å². The topological polar surface area (TPSA) is 56.4 Å².